The topological polar surface area (TPSA) is 75.6 Å². The highest BCUT2D eigenvalue weighted by atomic mass is 32.1. The third kappa shape index (κ3) is 5.04. The van der Waals surface area contributed by atoms with Crippen LogP contribution in [0.25, 0.3) is 10.1 Å². The highest BCUT2D eigenvalue weighted by Crippen LogP contribution is 2.21. The van der Waals surface area contributed by atoms with E-state index < -0.39 is 12.0 Å². The van der Waals surface area contributed by atoms with Gasteiger partial charge in [-0.25, -0.2) is 4.79 Å². The minimum atomic E-state index is -1.06. The van der Waals surface area contributed by atoms with Gasteiger partial charge in [-0.15, -0.1) is 11.3 Å². The van der Waals surface area contributed by atoms with Gasteiger partial charge in [0.05, 0.1) is 5.60 Å². The molecule has 23 heavy (non-hydrogen) atoms. The largest absolute Gasteiger partial charge is 0.480 e. The molecule has 0 saturated carbocycles. The maximum Gasteiger partial charge on any atom is 0.326 e. The summed E-state index contributed by atoms with van der Waals surface area (Å²) in [6, 6.07) is 6.31. The second-order valence-corrected chi connectivity index (χ2v) is 7.23. The SMILES string of the molecule is CC(C)(C)OCCC(NC(=O)c1ccc2sccc2c1)C(=O)O. The minimum absolute atomic E-state index is 0.221. The van der Waals surface area contributed by atoms with Crippen molar-refractivity contribution in [2.45, 2.75) is 38.8 Å². The summed E-state index contributed by atoms with van der Waals surface area (Å²) in [5.41, 5.74) is 0.121. The van der Waals surface area contributed by atoms with Crippen LogP contribution in [-0.2, 0) is 9.53 Å². The Hall–Kier alpha value is -1.92. The molecule has 0 spiro atoms. The van der Waals surface area contributed by atoms with E-state index in [0.29, 0.717) is 5.56 Å². The highest BCUT2D eigenvalue weighted by molar-refractivity contribution is 7.17. The van der Waals surface area contributed by atoms with Gasteiger partial charge in [0.25, 0.3) is 5.91 Å². The molecule has 6 heteroatoms. The second kappa shape index (κ2) is 7.10. The first-order valence-electron chi connectivity index (χ1n) is 7.41. The van der Waals surface area contributed by atoms with E-state index in [1.54, 1.807) is 23.5 Å². The molecule has 2 rings (SSSR count). The van der Waals surface area contributed by atoms with Crippen molar-refractivity contribution < 1.29 is 19.4 Å². The lowest BCUT2D eigenvalue weighted by Gasteiger charge is -2.21. The van der Waals surface area contributed by atoms with Gasteiger partial charge < -0.3 is 15.2 Å². The summed E-state index contributed by atoms with van der Waals surface area (Å²) in [4.78, 5) is 23.6. The Morgan fingerprint density at radius 1 is 1.30 bits per heavy atom. The quantitative estimate of drug-likeness (QED) is 0.849. The molecule has 0 fully saturated rings. The number of carbonyl (C=O) groups excluding carboxylic acids is 1. The summed E-state index contributed by atoms with van der Waals surface area (Å²) in [6.07, 6.45) is 0.221. The number of carboxylic acids is 1. The van der Waals surface area contributed by atoms with Crippen LogP contribution in [0.5, 0.6) is 0 Å². The number of fused-ring (bicyclic) bond motifs is 1. The van der Waals surface area contributed by atoms with Crippen molar-refractivity contribution in [2.24, 2.45) is 0 Å². The standard InChI is InChI=1S/C17H21NO4S/c1-17(2,3)22-8-6-13(16(20)21)18-15(19)12-4-5-14-11(10-12)7-9-23-14/h4-5,7,9-10,13H,6,8H2,1-3H3,(H,18,19)(H,20,21). The van der Waals surface area contributed by atoms with Crippen molar-refractivity contribution in [3.63, 3.8) is 0 Å². The Morgan fingerprint density at radius 3 is 2.70 bits per heavy atom. The average molecular weight is 335 g/mol. The molecule has 0 bridgehead atoms. The molecule has 0 aliphatic rings. The molecule has 1 unspecified atom stereocenters. The summed E-state index contributed by atoms with van der Waals surface area (Å²) < 4.78 is 6.62. The zero-order valence-corrected chi connectivity index (χ0v) is 14.3. The van der Waals surface area contributed by atoms with Crippen LogP contribution in [0.15, 0.2) is 29.6 Å². The van der Waals surface area contributed by atoms with Crippen molar-refractivity contribution in [3.8, 4) is 0 Å². The van der Waals surface area contributed by atoms with Crippen LogP contribution in [0, 0.1) is 0 Å². The Bertz CT molecular complexity index is 702. The van der Waals surface area contributed by atoms with Crippen LogP contribution < -0.4 is 5.32 Å². The van der Waals surface area contributed by atoms with E-state index >= 15 is 0 Å². The third-order valence-corrected chi connectivity index (χ3v) is 4.16. The van der Waals surface area contributed by atoms with E-state index in [4.69, 9.17) is 4.74 Å². The number of hydrogen-bond donors (Lipinski definition) is 2. The molecule has 1 aromatic carbocycles. The molecule has 0 aliphatic heterocycles. The molecule has 1 amide bonds. The predicted octanol–water partition coefficient (Wildman–Crippen LogP) is 3.29. The molecule has 2 N–H and O–H groups in total. The number of carboxylic acid groups (broad SMARTS) is 1. The number of carbonyl (C=O) groups is 2. The summed E-state index contributed by atoms with van der Waals surface area (Å²) >= 11 is 1.60. The van der Waals surface area contributed by atoms with Gasteiger partial charge in [-0.05, 0) is 55.8 Å². The molecule has 2 aromatic rings. The number of ether oxygens (including phenoxy) is 1. The number of nitrogens with one attached hydrogen (secondary N) is 1. The molecule has 124 valence electrons. The summed E-state index contributed by atoms with van der Waals surface area (Å²) in [5, 5.41) is 14.8. The van der Waals surface area contributed by atoms with Crippen LogP contribution in [0.1, 0.15) is 37.6 Å². The fourth-order valence-electron chi connectivity index (χ4n) is 2.09. The van der Waals surface area contributed by atoms with Gasteiger partial charge in [0, 0.05) is 23.3 Å². The van der Waals surface area contributed by atoms with E-state index in [0.717, 1.165) is 10.1 Å². The summed E-state index contributed by atoms with van der Waals surface area (Å²) in [6.45, 7) is 5.97. The Kier molecular flexibility index (Phi) is 5.38. The predicted molar refractivity (Wildman–Crippen MR) is 91.0 cm³/mol. The van der Waals surface area contributed by atoms with Crippen LogP contribution in [0.2, 0.25) is 0 Å². The first-order valence-corrected chi connectivity index (χ1v) is 8.29. The van der Waals surface area contributed by atoms with Gasteiger partial charge in [-0.2, -0.15) is 0 Å². The first kappa shape index (κ1) is 17.4. The van der Waals surface area contributed by atoms with E-state index in [-0.39, 0.29) is 24.5 Å². The number of rotatable bonds is 6. The van der Waals surface area contributed by atoms with Gasteiger partial charge in [0.2, 0.25) is 0 Å². The number of hydrogen-bond acceptors (Lipinski definition) is 4. The van der Waals surface area contributed by atoms with Crippen molar-refractivity contribution in [2.75, 3.05) is 6.61 Å². The van der Waals surface area contributed by atoms with Crippen molar-refractivity contribution in [1.29, 1.82) is 0 Å². The van der Waals surface area contributed by atoms with Crippen LogP contribution >= 0.6 is 11.3 Å². The highest BCUT2D eigenvalue weighted by Gasteiger charge is 2.22. The zero-order chi connectivity index (χ0) is 17.0. The zero-order valence-electron chi connectivity index (χ0n) is 13.5. The monoisotopic (exact) mass is 335 g/mol. The molecule has 5 nitrogen and oxygen atoms in total. The molecular formula is C17H21NO4S. The van der Waals surface area contributed by atoms with E-state index in [2.05, 4.69) is 5.32 Å². The Balaban J connectivity index is 2.00. The number of thiophene rings is 1. The summed E-state index contributed by atoms with van der Waals surface area (Å²) in [5.74, 6) is -1.45. The van der Waals surface area contributed by atoms with E-state index in [1.807, 2.05) is 38.3 Å². The van der Waals surface area contributed by atoms with Crippen molar-refractivity contribution in [1.82, 2.24) is 5.32 Å². The molecule has 0 saturated heterocycles. The number of amides is 1. The lowest BCUT2D eigenvalue weighted by molar-refractivity contribution is -0.140. The molecule has 0 radical (unpaired) electrons. The van der Waals surface area contributed by atoms with Crippen LogP contribution in [0.3, 0.4) is 0 Å². The average Bonchev–Trinajstić information content (AvgIpc) is 2.91. The first-order chi connectivity index (χ1) is 10.8. The van der Waals surface area contributed by atoms with Crippen LogP contribution in [-0.4, -0.2) is 35.2 Å². The number of aliphatic carboxylic acids is 1. The molecule has 1 aromatic heterocycles. The van der Waals surface area contributed by atoms with E-state index in [1.165, 1.54) is 0 Å². The Morgan fingerprint density at radius 2 is 2.04 bits per heavy atom. The molecule has 1 atom stereocenters. The van der Waals surface area contributed by atoms with E-state index in [9.17, 15) is 14.7 Å². The van der Waals surface area contributed by atoms with Gasteiger partial charge in [-0.3, -0.25) is 4.79 Å². The Labute approximate surface area is 139 Å². The fraction of sp³-hybridized carbons (Fsp3) is 0.412. The van der Waals surface area contributed by atoms with Crippen molar-refractivity contribution in [3.05, 3.63) is 35.2 Å². The lowest BCUT2D eigenvalue weighted by Crippen LogP contribution is -2.42. The van der Waals surface area contributed by atoms with Gasteiger partial charge in [0.15, 0.2) is 0 Å². The van der Waals surface area contributed by atoms with Crippen LogP contribution in [0.4, 0.5) is 0 Å². The van der Waals surface area contributed by atoms with Gasteiger partial charge in [-0.1, -0.05) is 0 Å². The molecular weight excluding hydrogens is 314 g/mol. The summed E-state index contributed by atoms with van der Waals surface area (Å²) in [7, 11) is 0. The number of benzene rings is 1. The minimum Gasteiger partial charge on any atom is -0.480 e. The van der Waals surface area contributed by atoms with Crippen molar-refractivity contribution >= 4 is 33.3 Å². The molecule has 1 heterocycles. The van der Waals surface area contributed by atoms with Gasteiger partial charge in [0.1, 0.15) is 6.04 Å². The van der Waals surface area contributed by atoms with Gasteiger partial charge >= 0.3 is 5.97 Å². The normalized spacial score (nSPS) is 13.0. The third-order valence-electron chi connectivity index (χ3n) is 3.26. The molecule has 0 aliphatic carbocycles. The lowest BCUT2D eigenvalue weighted by atomic mass is 10.1. The maximum absolute atomic E-state index is 12.3. The smallest absolute Gasteiger partial charge is 0.326 e. The maximum atomic E-state index is 12.3. The second-order valence-electron chi connectivity index (χ2n) is 6.29. The fourth-order valence-corrected chi connectivity index (χ4v) is 2.86.